The van der Waals surface area contributed by atoms with Gasteiger partial charge in [0.15, 0.2) is 5.82 Å². The van der Waals surface area contributed by atoms with Gasteiger partial charge in [-0.2, -0.15) is 4.98 Å². The van der Waals surface area contributed by atoms with E-state index in [1.54, 1.807) is 14.1 Å². The summed E-state index contributed by atoms with van der Waals surface area (Å²) < 4.78 is 5.47. The Kier molecular flexibility index (Phi) is 5.32. The monoisotopic (exact) mass is 313 g/mol. The molecule has 122 valence electrons. The van der Waals surface area contributed by atoms with Crippen molar-refractivity contribution in [2.45, 2.75) is 33.6 Å². The second-order valence-corrected chi connectivity index (χ2v) is 5.80. The van der Waals surface area contributed by atoms with Crippen LogP contribution in [0.5, 0.6) is 5.88 Å². The van der Waals surface area contributed by atoms with Gasteiger partial charge in [0.25, 0.3) is 0 Å². The minimum absolute atomic E-state index is 0.356. The molecule has 0 saturated heterocycles. The molecule has 1 aromatic carbocycles. The summed E-state index contributed by atoms with van der Waals surface area (Å²) in [6.07, 6.45) is 1.27. The fraction of sp³-hybridized carbons (Fsp3) is 0.389. The van der Waals surface area contributed by atoms with E-state index in [0.29, 0.717) is 11.7 Å². The molecule has 1 heterocycles. The predicted octanol–water partition coefficient (Wildman–Crippen LogP) is 3.77. The zero-order valence-corrected chi connectivity index (χ0v) is 14.4. The Morgan fingerprint density at radius 3 is 2.57 bits per heavy atom. The van der Waals surface area contributed by atoms with Crippen LogP contribution in [-0.2, 0) is 6.42 Å². The van der Waals surface area contributed by atoms with E-state index in [-0.39, 0.29) is 0 Å². The van der Waals surface area contributed by atoms with Gasteiger partial charge in [0.2, 0.25) is 5.88 Å². The quantitative estimate of drug-likeness (QED) is 0.862. The fourth-order valence-electron chi connectivity index (χ4n) is 2.28. The first-order valence-corrected chi connectivity index (χ1v) is 7.76. The molecule has 0 unspecified atom stereocenters. The van der Waals surface area contributed by atoms with E-state index in [1.807, 2.05) is 38.1 Å². The molecule has 1 amide bonds. The highest BCUT2D eigenvalue weighted by Crippen LogP contribution is 2.26. The van der Waals surface area contributed by atoms with Crippen molar-refractivity contribution >= 4 is 6.09 Å². The van der Waals surface area contributed by atoms with Gasteiger partial charge in [-0.1, -0.05) is 37.1 Å². The van der Waals surface area contributed by atoms with Crippen molar-refractivity contribution in [3.05, 3.63) is 41.1 Å². The van der Waals surface area contributed by atoms with Crippen LogP contribution in [0.1, 0.15) is 30.2 Å². The van der Waals surface area contributed by atoms with Crippen LogP contribution in [0.2, 0.25) is 0 Å². The number of ether oxygens (including phenoxy) is 1. The van der Waals surface area contributed by atoms with E-state index in [2.05, 4.69) is 16.9 Å². The molecule has 0 aliphatic heterocycles. The van der Waals surface area contributed by atoms with E-state index in [0.717, 1.165) is 35.2 Å². The van der Waals surface area contributed by atoms with Crippen molar-refractivity contribution in [1.29, 1.82) is 0 Å². The van der Waals surface area contributed by atoms with Crippen LogP contribution in [0.3, 0.4) is 0 Å². The molecule has 0 spiro atoms. The topological polar surface area (TPSA) is 55.3 Å². The van der Waals surface area contributed by atoms with Gasteiger partial charge < -0.3 is 9.64 Å². The number of carbonyl (C=O) groups is 1. The first kappa shape index (κ1) is 16.9. The summed E-state index contributed by atoms with van der Waals surface area (Å²) in [4.78, 5) is 22.4. The summed E-state index contributed by atoms with van der Waals surface area (Å²) in [7, 11) is 3.30. The molecular formula is C18H23N3O2. The van der Waals surface area contributed by atoms with Crippen molar-refractivity contribution in [3.8, 4) is 17.3 Å². The van der Waals surface area contributed by atoms with Crippen LogP contribution in [0, 0.1) is 13.8 Å². The molecule has 0 atom stereocenters. The average molecular weight is 313 g/mol. The van der Waals surface area contributed by atoms with Crippen molar-refractivity contribution in [2.75, 3.05) is 14.1 Å². The second kappa shape index (κ2) is 7.22. The smallest absolute Gasteiger partial charge is 0.391 e. The molecule has 0 bridgehead atoms. The number of benzene rings is 1. The Hall–Kier alpha value is -2.43. The molecule has 23 heavy (non-hydrogen) atoms. The van der Waals surface area contributed by atoms with Crippen molar-refractivity contribution < 1.29 is 9.53 Å². The summed E-state index contributed by atoms with van der Waals surface area (Å²) in [5.74, 6) is 0.933. The highest BCUT2D eigenvalue weighted by atomic mass is 16.6. The third-order valence-electron chi connectivity index (χ3n) is 3.50. The van der Waals surface area contributed by atoms with Gasteiger partial charge in [-0.05, 0) is 26.3 Å². The minimum Gasteiger partial charge on any atom is -0.391 e. The first-order chi connectivity index (χ1) is 10.9. The molecule has 2 rings (SSSR count). The predicted molar refractivity (Wildman–Crippen MR) is 90.6 cm³/mol. The average Bonchev–Trinajstić information content (AvgIpc) is 2.50. The Morgan fingerprint density at radius 2 is 1.96 bits per heavy atom. The lowest BCUT2D eigenvalue weighted by Crippen LogP contribution is -2.26. The molecule has 0 fully saturated rings. The number of hydrogen-bond donors (Lipinski definition) is 0. The zero-order chi connectivity index (χ0) is 17.0. The summed E-state index contributed by atoms with van der Waals surface area (Å²) >= 11 is 0. The summed E-state index contributed by atoms with van der Waals surface area (Å²) in [6.45, 7) is 6.03. The van der Waals surface area contributed by atoms with E-state index < -0.39 is 6.09 Å². The summed E-state index contributed by atoms with van der Waals surface area (Å²) in [6, 6.07) is 7.97. The summed E-state index contributed by atoms with van der Waals surface area (Å²) in [5, 5.41) is 0. The van der Waals surface area contributed by atoms with E-state index in [1.165, 1.54) is 4.90 Å². The van der Waals surface area contributed by atoms with Gasteiger partial charge >= 0.3 is 6.09 Å². The fourth-order valence-corrected chi connectivity index (χ4v) is 2.28. The molecule has 0 aliphatic rings. The van der Waals surface area contributed by atoms with E-state index >= 15 is 0 Å². The SMILES string of the molecule is CCCc1c(C)nc(-c2cccc(C)c2)nc1OC(=O)N(C)C. The third-order valence-corrected chi connectivity index (χ3v) is 3.50. The van der Waals surface area contributed by atoms with Gasteiger partial charge in [0, 0.05) is 30.9 Å². The van der Waals surface area contributed by atoms with Crippen LogP contribution in [0.25, 0.3) is 11.4 Å². The minimum atomic E-state index is -0.435. The Labute approximate surface area is 137 Å². The number of rotatable bonds is 4. The van der Waals surface area contributed by atoms with E-state index in [9.17, 15) is 4.79 Å². The molecule has 0 aliphatic carbocycles. The third kappa shape index (κ3) is 4.06. The number of aromatic nitrogens is 2. The second-order valence-electron chi connectivity index (χ2n) is 5.80. The van der Waals surface area contributed by atoms with Crippen molar-refractivity contribution in [3.63, 3.8) is 0 Å². The first-order valence-electron chi connectivity index (χ1n) is 7.76. The van der Waals surface area contributed by atoms with Crippen molar-refractivity contribution in [1.82, 2.24) is 14.9 Å². The van der Waals surface area contributed by atoms with Crippen LogP contribution in [-0.4, -0.2) is 35.1 Å². The normalized spacial score (nSPS) is 10.5. The van der Waals surface area contributed by atoms with E-state index in [4.69, 9.17) is 4.74 Å². The lowest BCUT2D eigenvalue weighted by Gasteiger charge is -2.15. The van der Waals surface area contributed by atoms with Crippen LogP contribution >= 0.6 is 0 Å². The molecule has 0 saturated carbocycles. The van der Waals surface area contributed by atoms with Gasteiger partial charge in [-0.3, -0.25) is 0 Å². The lowest BCUT2D eigenvalue weighted by atomic mass is 10.1. The number of carbonyl (C=O) groups excluding carboxylic acids is 1. The number of nitrogens with zero attached hydrogens (tertiary/aromatic N) is 3. The highest BCUT2D eigenvalue weighted by Gasteiger charge is 2.17. The highest BCUT2D eigenvalue weighted by molar-refractivity contribution is 5.70. The van der Waals surface area contributed by atoms with Gasteiger partial charge in [0.1, 0.15) is 0 Å². The number of hydrogen-bond acceptors (Lipinski definition) is 4. The van der Waals surface area contributed by atoms with Crippen LogP contribution in [0.4, 0.5) is 4.79 Å². The zero-order valence-electron chi connectivity index (χ0n) is 14.4. The molecule has 0 N–H and O–H groups in total. The molecule has 2 aromatic rings. The van der Waals surface area contributed by atoms with Crippen LogP contribution < -0.4 is 4.74 Å². The molecule has 5 heteroatoms. The van der Waals surface area contributed by atoms with Gasteiger partial charge in [0.05, 0.1) is 0 Å². The van der Waals surface area contributed by atoms with Crippen molar-refractivity contribution in [2.24, 2.45) is 0 Å². The lowest BCUT2D eigenvalue weighted by molar-refractivity contribution is 0.169. The number of amides is 1. The number of aryl methyl sites for hydroxylation is 2. The molecule has 1 aromatic heterocycles. The Balaban J connectivity index is 2.50. The van der Waals surface area contributed by atoms with Gasteiger partial charge in [-0.15, -0.1) is 0 Å². The largest absolute Gasteiger partial charge is 0.416 e. The Bertz CT molecular complexity index is 711. The standard InChI is InChI=1S/C18H23N3O2/c1-6-8-15-13(3)19-16(14-10-7-9-12(2)11-14)20-17(15)23-18(22)21(4)5/h7,9-11H,6,8H2,1-5H3. The molecule has 5 nitrogen and oxygen atoms in total. The maximum atomic E-state index is 11.9. The maximum Gasteiger partial charge on any atom is 0.416 e. The van der Waals surface area contributed by atoms with Gasteiger partial charge in [-0.25, -0.2) is 9.78 Å². The Morgan fingerprint density at radius 1 is 1.22 bits per heavy atom. The maximum absolute atomic E-state index is 11.9. The molecule has 0 radical (unpaired) electrons. The van der Waals surface area contributed by atoms with Crippen LogP contribution in [0.15, 0.2) is 24.3 Å². The molecular weight excluding hydrogens is 290 g/mol. The summed E-state index contributed by atoms with van der Waals surface area (Å²) in [5.41, 5.74) is 3.78.